The molecule has 0 bridgehead atoms. The van der Waals surface area contributed by atoms with Crippen LogP contribution in [0, 0.1) is 5.41 Å². The van der Waals surface area contributed by atoms with E-state index in [0.717, 1.165) is 11.0 Å². The number of carbonyl (C=O) groups is 1. The smallest absolute Gasteiger partial charge is 0.248 e. The number of amides is 1. The monoisotopic (exact) mass is 245 g/mol. The van der Waals surface area contributed by atoms with Gasteiger partial charge < -0.3 is 10.3 Å². The maximum atomic E-state index is 11.1. The van der Waals surface area contributed by atoms with Crippen LogP contribution >= 0.6 is 0 Å². The summed E-state index contributed by atoms with van der Waals surface area (Å²) in [6.07, 6.45) is 1.82. The molecule has 2 N–H and O–H groups in total. The van der Waals surface area contributed by atoms with Gasteiger partial charge in [0.2, 0.25) is 5.91 Å². The number of aromatic nitrogens is 2. The first kappa shape index (κ1) is 12.6. The fourth-order valence-corrected chi connectivity index (χ4v) is 1.91. The van der Waals surface area contributed by atoms with Crippen LogP contribution in [0.1, 0.15) is 44.1 Å². The highest BCUT2D eigenvalue weighted by molar-refractivity contribution is 5.96. The highest BCUT2D eigenvalue weighted by atomic mass is 16.1. The number of carbonyl (C=O) groups excluding carboxylic acids is 1. The second-order valence-corrected chi connectivity index (χ2v) is 5.76. The van der Waals surface area contributed by atoms with Gasteiger partial charge in [-0.15, -0.1) is 0 Å². The molecule has 1 amide bonds. The van der Waals surface area contributed by atoms with Gasteiger partial charge in [0.15, 0.2) is 0 Å². The van der Waals surface area contributed by atoms with Crippen molar-refractivity contribution in [2.45, 2.75) is 33.7 Å². The van der Waals surface area contributed by atoms with E-state index in [0.29, 0.717) is 11.6 Å². The summed E-state index contributed by atoms with van der Waals surface area (Å²) in [7, 11) is 0. The van der Waals surface area contributed by atoms with Gasteiger partial charge in [0.25, 0.3) is 0 Å². The lowest BCUT2D eigenvalue weighted by atomic mass is 9.88. The lowest BCUT2D eigenvalue weighted by Crippen LogP contribution is -2.20. The first-order valence-corrected chi connectivity index (χ1v) is 6.07. The zero-order valence-corrected chi connectivity index (χ0v) is 11.3. The third-order valence-electron chi connectivity index (χ3n) is 3.53. The van der Waals surface area contributed by atoms with Crippen molar-refractivity contribution in [1.29, 1.82) is 0 Å². The molecule has 0 fully saturated rings. The second-order valence-electron chi connectivity index (χ2n) is 5.76. The third-order valence-corrected chi connectivity index (χ3v) is 3.53. The first-order valence-electron chi connectivity index (χ1n) is 6.07. The molecule has 0 saturated carbocycles. The molecule has 2 rings (SSSR count). The molecule has 0 spiro atoms. The Morgan fingerprint density at radius 3 is 2.61 bits per heavy atom. The fourth-order valence-electron chi connectivity index (χ4n) is 1.91. The van der Waals surface area contributed by atoms with Crippen LogP contribution in [0.15, 0.2) is 24.5 Å². The maximum absolute atomic E-state index is 11.1. The Hall–Kier alpha value is -1.84. The maximum Gasteiger partial charge on any atom is 0.248 e. The van der Waals surface area contributed by atoms with Gasteiger partial charge in [-0.3, -0.25) is 4.79 Å². The Morgan fingerprint density at radius 2 is 2.06 bits per heavy atom. The number of nitrogens with zero attached hydrogens (tertiary/aromatic N) is 2. The molecule has 0 unspecified atom stereocenters. The summed E-state index contributed by atoms with van der Waals surface area (Å²) in [5.74, 6) is -0.421. The van der Waals surface area contributed by atoms with Crippen LogP contribution < -0.4 is 5.73 Å². The van der Waals surface area contributed by atoms with Gasteiger partial charge in [-0.05, 0) is 30.5 Å². The predicted octanol–water partition coefficient (Wildman–Crippen LogP) is 2.74. The largest absolute Gasteiger partial charge is 0.366 e. The molecule has 18 heavy (non-hydrogen) atoms. The highest BCUT2D eigenvalue weighted by Gasteiger charge is 2.23. The minimum atomic E-state index is -0.421. The zero-order chi connectivity index (χ0) is 13.5. The molecular weight excluding hydrogens is 226 g/mol. The van der Waals surface area contributed by atoms with Crippen molar-refractivity contribution in [2.24, 2.45) is 11.1 Å². The van der Waals surface area contributed by atoms with E-state index >= 15 is 0 Å². The minimum absolute atomic E-state index is 0.149. The predicted molar refractivity (Wildman–Crippen MR) is 72.4 cm³/mol. The van der Waals surface area contributed by atoms with Gasteiger partial charge in [0.05, 0.1) is 17.4 Å². The molecule has 4 nitrogen and oxygen atoms in total. The highest BCUT2D eigenvalue weighted by Crippen LogP contribution is 2.32. The topological polar surface area (TPSA) is 60.9 Å². The zero-order valence-electron chi connectivity index (χ0n) is 11.3. The van der Waals surface area contributed by atoms with E-state index in [1.165, 1.54) is 0 Å². The molecule has 4 heteroatoms. The average molecular weight is 245 g/mol. The third kappa shape index (κ3) is 2.10. The lowest BCUT2D eigenvalue weighted by Gasteiger charge is -2.28. The molecular formula is C14H19N3O. The van der Waals surface area contributed by atoms with Crippen molar-refractivity contribution in [3.05, 3.63) is 30.1 Å². The number of imidazole rings is 1. The molecule has 1 heterocycles. The fraction of sp³-hybridized carbons (Fsp3) is 0.429. The summed E-state index contributed by atoms with van der Waals surface area (Å²) in [4.78, 5) is 15.5. The Bertz CT molecular complexity index is 593. The molecule has 1 aromatic heterocycles. The quantitative estimate of drug-likeness (QED) is 0.884. The van der Waals surface area contributed by atoms with E-state index in [1.807, 2.05) is 12.4 Å². The van der Waals surface area contributed by atoms with E-state index in [2.05, 4.69) is 37.2 Å². The van der Waals surface area contributed by atoms with Crippen LogP contribution in [0.2, 0.25) is 0 Å². The molecule has 1 aromatic carbocycles. The van der Waals surface area contributed by atoms with E-state index in [9.17, 15) is 4.79 Å². The average Bonchev–Trinajstić information content (AvgIpc) is 2.68. The van der Waals surface area contributed by atoms with Crippen molar-refractivity contribution in [2.75, 3.05) is 0 Å². The van der Waals surface area contributed by atoms with Crippen molar-refractivity contribution in [3.8, 4) is 0 Å². The number of benzene rings is 1. The SMILES string of the molecule is C[C@H](n1cnc2cc(C(N)=O)ccc21)C(C)(C)C. The number of fused-ring (bicyclic) bond motifs is 1. The summed E-state index contributed by atoms with van der Waals surface area (Å²) in [6.45, 7) is 8.76. The van der Waals surface area contributed by atoms with E-state index in [-0.39, 0.29) is 5.41 Å². The van der Waals surface area contributed by atoms with Crippen LogP contribution in [0.4, 0.5) is 0 Å². The van der Waals surface area contributed by atoms with Crippen molar-refractivity contribution < 1.29 is 4.79 Å². The number of hydrogen-bond donors (Lipinski definition) is 1. The Morgan fingerprint density at radius 1 is 1.39 bits per heavy atom. The number of nitrogens with two attached hydrogens (primary N) is 1. The van der Waals surface area contributed by atoms with Crippen LogP contribution in [-0.2, 0) is 0 Å². The van der Waals surface area contributed by atoms with E-state index in [4.69, 9.17) is 5.73 Å². The second kappa shape index (κ2) is 4.12. The van der Waals surface area contributed by atoms with Crippen LogP contribution in [-0.4, -0.2) is 15.5 Å². The van der Waals surface area contributed by atoms with Crippen molar-refractivity contribution in [3.63, 3.8) is 0 Å². The van der Waals surface area contributed by atoms with Gasteiger partial charge in [0.1, 0.15) is 0 Å². The van der Waals surface area contributed by atoms with Gasteiger partial charge in [0, 0.05) is 11.6 Å². The number of hydrogen-bond acceptors (Lipinski definition) is 2. The van der Waals surface area contributed by atoms with Crippen LogP contribution in [0.5, 0.6) is 0 Å². The number of rotatable bonds is 2. The summed E-state index contributed by atoms with van der Waals surface area (Å²) >= 11 is 0. The van der Waals surface area contributed by atoms with Crippen LogP contribution in [0.3, 0.4) is 0 Å². The van der Waals surface area contributed by atoms with Gasteiger partial charge >= 0.3 is 0 Å². The summed E-state index contributed by atoms with van der Waals surface area (Å²) < 4.78 is 2.14. The molecule has 96 valence electrons. The van der Waals surface area contributed by atoms with Crippen molar-refractivity contribution in [1.82, 2.24) is 9.55 Å². The molecule has 0 radical (unpaired) electrons. The molecule has 2 aromatic rings. The van der Waals surface area contributed by atoms with E-state index in [1.54, 1.807) is 12.1 Å². The normalized spacial score (nSPS) is 13.8. The van der Waals surface area contributed by atoms with Crippen molar-refractivity contribution >= 4 is 16.9 Å². The van der Waals surface area contributed by atoms with Gasteiger partial charge in [-0.2, -0.15) is 0 Å². The molecule has 0 aliphatic carbocycles. The molecule has 0 aliphatic heterocycles. The lowest BCUT2D eigenvalue weighted by molar-refractivity contribution is 0.100. The summed E-state index contributed by atoms with van der Waals surface area (Å²) in [5.41, 5.74) is 7.75. The standard InChI is InChI=1S/C14H19N3O/c1-9(14(2,3)4)17-8-16-11-7-10(13(15)18)5-6-12(11)17/h5-9H,1-4H3,(H2,15,18)/t9-/m0/s1. The van der Waals surface area contributed by atoms with Gasteiger partial charge in [-0.25, -0.2) is 4.98 Å². The summed E-state index contributed by atoms with van der Waals surface area (Å²) in [6, 6.07) is 5.72. The number of primary amides is 1. The van der Waals surface area contributed by atoms with E-state index < -0.39 is 5.91 Å². The Balaban J connectivity index is 2.53. The Kier molecular flexibility index (Phi) is 2.89. The first-order chi connectivity index (χ1) is 8.30. The minimum Gasteiger partial charge on any atom is -0.366 e. The van der Waals surface area contributed by atoms with Gasteiger partial charge in [-0.1, -0.05) is 20.8 Å². The molecule has 0 aliphatic rings. The summed E-state index contributed by atoms with van der Waals surface area (Å²) in [5, 5.41) is 0. The molecule has 0 saturated heterocycles. The molecule has 1 atom stereocenters. The Labute approximate surface area is 107 Å². The van der Waals surface area contributed by atoms with Crippen LogP contribution in [0.25, 0.3) is 11.0 Å².